The minimum Gasteiger partial charge on any atom is -0.350 e. The number of fused-ring (bicyclic) bond motifs is 1. The van der Waals surface area contributed by atoms with Gasteiger partial charge in [-0.1, -0.05) is 18.2 Å². The van der Waals surface area contributed by atoms with Crippen molar-refractivity contribution in [2.45, 2.75) is 0 Å². The lowest BCUT2D eigenvalue weighted by Gasteiger charge is -2.05. The van der Waals surface area contributed by atoms with Crippen LogP contribution in [-0.4, -0.2) is 9.55 Å². The van der Waals surface area contributed by atoms with E-state index in [2.05, 4.69) is 4.98 Å². The molecule has 1 aromatic carbocycles. The highest BCUT2D eigenvalue weighted by molar-refractivity contribution is 5.96. The largest absolute Gasteiger partial charge is 0.350 e. The molecule has 0 radical (unpaired) electrons. The van der Waals surface area contributed by atoms with E-state index in [9.17, 15) is 17.6 Å². The van der Waals surface area contributed by atoms with Crippen molar-refractivity contribution in [3.05, 3.63) is 54.0 Å². The molecule has 0 amide bonds. The monoisotopic (exact) mass is 280 g/mol. The van der Waals surface area contributed by atoms with Crippen LogP contribution in [0.2, 0.25) is 0 Å². The lowest BCUT2D eigenvalue weighted by Crippen LogP contribution is -2.02. The normalized spacial score (nSPS) is 11.2. The molecule has 0 atom stereocenters. The zero-order valence-corrected chi connectivity index (χ0v) is 10.3. The molecule has 20 heavy (non-hydrogen) atoms. The van der Waals surface area contributed by atoms with Crippen LogP contribution in [0.3, 0.4) is 0 Å². The molecule has 0 spiro atoms. The van der Waals surface area contributed by atoms with Crippen LogP contribution in [0.25, 0.3) is 22.0 Å². The number of rotatable bonds is 1. The first-order chi connectivity index (χ1) is 9.50. The van der Waals surface area contributed by atoms with E-state index < -0.39 is 29.1 Å². The summed E-state index contributed by atoms with van der Waals surface area (Å²) < 4.78 is 55.7. The molecule has 2 nitrogen and oxygen atoms in total. The number of para-hydroxylation sites is 1. The maximum atomic E-state index is 13.8. The van der Waals surface area contributed by atoms with Crippen LogP contribution in [0, 0.1) is 23.5 Å². The Morgan fingerprint density at radius 2 is 1.55 bits per heavy atom. The molecule has 0 saturated heterocycles. The Bertz CT molecular complexity index is 797. The third kappa shape index (κ3) is 1.68. The summed E-state index contributed by atoms with van der Waals surface area (Å²) >= 11 is 0. The Morgan fingerprint density at radius 3 is 2.20 bits per heavy atom. The van der Waals surface area contributed by atoms with E-state index in [0.717, 1.165) is 0 Å². The van der Waals surface area contributed by atoms with Gasteiger partial charge in [-0.05, 0) is 6.07 Å². The van der Waals surface area contributed by atoms with Crippen LogP contribution in [0.1, 0.15) is 0 Å². The predicted molar refractivity (Wildman–Crippen MR) is 66.0 cm³/mol. The first kappa shape index (κ1) is 12.7. The first-order valence-electron chi connectivity index (χ1n) is 5.75. The zero-order chi connectivity index (χ0) is 14.4. The highest BCUT2D eigenvalue weighted by Gasteiger charge is 2.24. The second kappa shape index (κ2) is 4.33. The molecule has 3 rings (SSSR count). The second-order valence-electron chi connectivity index (χ2n) is 4.37. The summed E-state index contributed by atoms with van der Waals surface area (Å²) in [6.45, 7) is 0. The van der Waals surface area contributed by atoms with Crippen molar-refractivity contribution in [1.29, 1.82) is 0 Å². The molecule has 0 N–H and O–H groups in total. The molecule has 0 aliphatic carbocycles. The molecule has 0 aliphatic heterocycles. The van der Waals surface area contributed by atoms with Crippen molar-refractivity contribution in [3.63, 3.8) is 0 Å². The van der Waals surface area contributed by atoms with Gasteiger partial charge in [-0.2, -0.15) is 13.8 Å². The van der Waals surface area contributed by atoms with Gasteiger partial charge < -0.3 is 4.57 Å². The van der Waals surface area contributed by atoms with Crippen molar-refractivity contribution in [1.82, 2.24) is 9.55 Å². The maximum Gasteiger partial charge on any atom is 0.252 e. The molecular weight excluding hydrogens is 272 g/mol. The summed E-state index contributed by atoms with van der Waals surface area (Å²) in [5, 5.41) is 0.498. The summed E-state index contributed by atoms with van der Waals surface area (Å²) in [6.07, 6.45) is 1.42. The lowest BCUT2D eigenvalue weighted by atomic mass is 10.0. The number of halogens is 4. The molecule has 6 heteroatoms. The quantitative estimate of drug-likeness (QED) is 0.490. The first-order valence-corrected chi connectivity index (χ1v) is 5.75. The van der Waals surface area contributed by atoms with Gasteiger partial charge in [-0.25, -0.2) is 8.78 Å². The van der Waals surface area contributed by atoms with Crippen LogP contribution in [-0.2, 0) is 7.05 Å². The standard InChI is InChI=1S/C14H8F4N2/c1-20-6-8(7-4-2-3-5-9(7)20)10-11(15)13(17)19-14(18)12(10)16/h2-6H,1H3. The fourth-order valence-corrected chi connectivity index (χ4v) is 2.26. The Kier molecular flexibility index (Phi) is 2.74. The average molecular weight is 280 g/mol. The Balaban J connectivity index is 2.43. The highest BCUT2D eigenvalue weighted by Crippen LogP contribution is 2.34. The molecule has 102 valence electrons. The topological polar surface area (TPSA) is 17.8 Å². The van der Waals surface area contributed by atoms with Gasteiger partial charge in [0.2, 0.25) is 0 Å². The van der Waals surface area contributed by atoms with Crippen LogP contribution >= 0.6 is 0 Å². The highest BCUT2D eigenvalue weighted by atomic mass is 19.2. The summed E-state index contributed by atoms with van der Waals surface area (Å²) in [4.78, 5) is 2.56. The third-order valence-corrected chi connectivity index (χ3v) is 3.16. The minimum absolute atomic E-state index is 0.0818. The number of hydrogen-bond donors (Lipinski definition) is 0. The molecule has 2 heterocycles. The minimum atomic E-state index is -1.66. The second-order valence-corrected chi connectivity index (χ2v) is 4.37. The van der Waals surface area contributed by atoms with Crippen molar-refractivity contribution in [2.75, 3.05) is 0 Å². The van der Waals surface area contributed by atoms with Gasteiger partial charge in [-0.15, -0.1) is 0 Å². The van der Waals surface area contributed by atoms with Gasteiger partial charge in [0.25, 0.3) is 11.9 Å². The Labute approximate surface area is 111 Å². The van der Waals surface area contributed by atoms with E-state index in [-0.39, 0.29) is 5.56 Å². The number of pyridine rings is 1. The molecule has 0 bridgehead atoms. The van der Waals surface area contributed by atoms with E-state index in [1.807, 2.05) is 0 Å². The van der Waals surface area contributed by atoms with Crippen molar-refractivity contribution in [2.24, 2.45) is 7.05 Å². The predicted octanol–water partition coefficient (Wildman–Crippen LogP) is 3.80. The van der Waals surface area contributed by atoms with E-state index in [1.165, 1.54) is 6.20 Å². The maximum absolute atomic E-state index is 13.8. The molecule has 0 unspecified atom stereocenters. The number of aryl methyl sites for hydroxylation is 1. The summed E-state index contributed by atoms with van der Waals surface area (Å²) in [6, 6.07) is 6.80. The summed E-state index contributed by atoms with van der Waals surface area (Å²) in [5.74, 6) is -6.32. The van der Waals surface area contributed by atoms with Crippen LogP contribution in [0.5, 0.6) is 0 Å². The number of nitrogens with zero attached hydrogens (tertiary/aromatic N) is 2. The average Bonchev–Trinajstić information content (AvgIpc) is 2.75. The third-order valence-electron chi connectivity index (χ3n) is 3.16. The van der Waals surface area contributed by atoms with Gasteiger partial charge in [0, 0.05) is 29.7 Å². The molecule has 2 aromatic heterocycles. The van der Waals surface area contributed by atoms with Gasteiger partial charge in [0.1, 0.15) is 0 Å². The number of aromatic nitrogens is 2. The van der Waals surface area contributed by atoms with Gasteiger partial charge >= 0.3 is 0 Å². The fraction of sp³-hybridized carbons (Fsp3) is 0.0714. The van der Waals surface area contributed by atoms with Crippen molar-refractivity contribution >= 4 is 10.9 Å². The fourth-order valence-electron chi connectivity index (χ4n) is 2.26. The molecule has 0 saturated carbocycles. The van der Waals surface area contributed by atoms with E-state index in [4.69, 9.17) is 0 Å². The van der Waals surface area contributed by atoms with Crippen molar-refractivity contribution < 1.29 is 17.6 Å². The number of hydrogen-bond acceptors (Lipinski definition) is 1. The molecular formula is C14H8F4N2. The molecule has 0 aliphatic rings. The summed E-state index contributed by atoms with van der Waals surface area (Å²) in [7, 11) is 1.68. The SMILES string of the molecule is Cn1cc(-c2c(F)c(F)nc(F)c2F)c2ccccc21. The Hall–Kier alpha value is -2.37. The zero-order valence-electron chi connectivity index (χ0n) is 10.3. The number of benzene rings is 1. The molecule has 3 aromatic rings. The molecule has 0 fully saturated rings. The lowest BCUT2D eigenvalue weighted by molar-refractivity contribution is 0.410. The van der Waals surface area contributed by atoms with E-state index in [0.29, 0.717) is 10.9 Å². The van der Waals surface area contributed by atoms with Crippen LogP contribution < -0.4 is 0 Å². The van der Waals surface area contributed by atoms with Crippen molar-refractivity contribution in [3.8, 4) is 11.1 Å². The van der Waals surface area contributed by atoms with Crippen LogP contribution in [0.4, 0.5) is 17.6 Å². The van der Waals surface area contributed by atoms with Gasteiger partial charge in [0.15, 0.2) is 11.6 Å². The Morgan fingerprint density at radius 1 is 0.950 bits per heavy atom. The van der Waals surface area contributed by atoms with E-state index in [1.54, 1.807) is 35.9 Å². The van der Waals surface area contributed by atoms with Gasteiger partial charge in [0.05, 0.1) is 5.56 Å². The summed E-state index contributed by atoms with van der Waals surface area (Å²) in [5.41, 5.74) is 0.0315. The van der Waals surface area contributed by atoms with Gasteiger partial charge in [-0.3, -0.25) is 0 Å². The van der Waals surface area contributed by atoms with E-state index >= 15 is 0 Å². The smallest absolute Gasteiger partial charge is 0.252 e. The van der Waals surface area contributed by atoms with Crippen LogP contribution in [0.15, 0.2) is 30.5 Å².